The zero-order valence-corrected chi connectivity index (χ0v) is 22.1. The van der Waals surface area contributed by atoms with Crippen molar-refractivity contribution < 1.29 is 22.7 Å². The monoisotopic (exact) mass is 551 g/mol. The fourth-order valence-electron chi connectivity index (χ4n) is 4.40. The van der Waals surface area contributed by atoms with E-state index in [2.05, 4.69) is 20.4 Å². The minimum atomic E-state index is -0.574. The number of rotatable bonds is 8. The van der Waals surface area contributed by atoms with Crippen molar-refractivity contribution in [1.82, 2.24) is 25.1 Å². The Morgan fingerprint density at radius 3 is 2.69 bits per heavy atom. The number of fused-ring (bicyclic) bond motifs is 1. The Bertz CT molecular complexity index is 1680. The molecule has 8 nitrogen and oxygen atoms in total. The van der Waals surface area contributed by atoms with Gasteiger partial charge in [0.2, 0.25) is 0 Å². The average Bonchev–Trinajstić information content (AvgIpc) is 3.54. The molecule has 3 heterocycles. The van der Waals surface area contributed by atoms with Crippen LogP contribution in [0.3, 0.4) is 0 Å². The zero-order valence-electron chi connectivity index (χ0n) is 21.3. The Kier molecular flexibility index (Phi) is 7.30. The van der Waals surface area contributed by atoms with Crippen molar-refractivity contribution in [3.8, 4) is 11.4 Å². The topological polar surface area (TPSA) is 95.1 Å². The van der Waals surface area contributed by atoms with Gasteiger partial charge < -0.3 is 14.5 Å². The number of ether oxygens (including phenoxy) is 1. The molecule has 0 aliphatic rings. The van der Waals surface area contributed by atoms with Crippen LogP contribution in [0.5, 0.6) is 5.75 Å². The number of amides is 1. The van der Waals surface area contributed by atoms with Gasteiger partial charge in [0.05, 0.1) is 29.1 Å². The molecule has 0 bridgehead atoms. The summed E-state index contributed by atoms with van der Waals surface area (Å²) in [5, 5.41) is 7.82. The minimum absolute atomic E-state index is 0.0235. The molecular formula is C28H24ClF2N5O3. The third-order valence-electron chi connectivity index (χ3n) is 6.21. The zero-order chi connectivity index (χ0) is 27.7. The number of aryl methyl sites for hydroxylation is 2. The van der Waals surface area contributed by atoms with Crippen molar-refractivity contribution in [2.75, 3.05) is 0 Å². The molecule has 1 amide bonds. The predicted molar refractivity (Wildman–Crippen MR) is 141 cm³/mol. The molecule has 1 atom stereocenters. The molecule has 3 aromatic heterocycles. The van der Waals surface area contributed by atoms with E-state index in [1.54, 1.807) is 25.1 Å². The fraction of sp³-hybridized carbons (Fsp3) is 0.214. The van der Waals surface area contributed by atoms with Crippen LogP contribution in [0.15, 0.2) is 59.5 Å². The first-order chi connectivity index (χ1) is 18.7. The largest absolute Gasteiger partial charge is 0.487 e. The van der Waals surface area contributed by atoms with E-state index >= 15 is 0 Å². The first-order valence-corrected chi connectivity index (χ1v) is 12.6. The van der Waals surface area contributed by atoms with Gasteiger partial charge in [-0.15, -0.1) is 0 Å². The number of hydrogen-bond donors (Lipinski definition) is 1. The lowest BCUT2D eigenvalue weighted by Crippen LogP contribution is -2.29. The standard InChI is InChI=1S/C28H24ClF2N5O3/c1-4-23(35-28(37)24-14-38-16(3)34-24)20-9-17(30)10-22(29)21(20)13-39-26-7-5-6-19-25(8-15(2)33-27(19)26)36-12-18(31)11-32-36/h5-12,14,23H,4,13H2,1-3H3,(H,35,37)/t23-/m0/s1. The highest BCUT2D eigenvalue weighted by Gasteiger charge is 2.22. The summed E-state index contributed by atoms with van der Waals surface area (Å²) in [5.74, 6) is -0.647. The molecule has 0 saturated heterocycles. The lowest BCUT2D eigenvalue weighted by Gasteiger charge is -2.22. The van der Waals surface area contributed by atoms with Crippen LogP contribution in [0, 0.1) is 25.5 Å². The second-order valence-corrected chi connectivity index (χ2v) is 9.38. The lowest BCUT2D eigenvalue weighted by atomic mass is 9.98. The molecule has 0 aliphatic carbocycles. The Labute approximate surface area is 227 Å². The summed E-state index contributed by atoms with van der Waals surface area (Å²) in [5.41, 5.74) is 2.99. The van der Waals surface area contributed by atoms with E-state index in [0.717, 1.165) is 6.20 Å². The van der Waals surface area contributed by atoms with Gasteiger partial charge in [0, 0.05) is 23.6 Å². The summed E-state index contributed by atoms with van der Waals surface area (Å²) in [4.78, 5) is 21.5. The SMILES string of the molecule is CC[C@H](NC(=O)c1coc(C)n1)c1cc(F)cc(Cl)c1COc1cccc2c(-n3cc(F)cn3)cc(C)nc12. The van der Waals surface area contributed by atoms with E-state index in [4.69, 9.17) is 20.8 Å². The third kappa shape index (κ3) is 5.46. The fourth-order valence-corrected chi connectivity index (χ4v) is 4.67. The molecule has 5 aromatic rings. The molecule has 1 N–H and O–H groups in total. The van der Waals surface area contributed by atoms with Crippen LogP contribution in [0.4, 0.5) is 8.78 Å². The van der Waals surface area contributed by atoms with Gasteiger partial charge in [0.25, 0.3) is 5.91 Å². The molecule has 39 heavy (non-hydrogen) atoms. The van der Waals surface area contributed by atoms with Gasteiger partial charge in [0.15, 0.2) is 17.4 Å². The number of benzene rings is 2. The summed E-state index contributed by atoms with van der Waals surface area (Å²) in [7, 11) is 0. The second kappa shape index (κ2) is 10.8. The van der Waals surface area contributed by atoms with Gasteiger partial charge in [0.1, 0.15) is 30.0 Å². The number of oxazole rings is 1. The molecule has 11 heteroatoms. The smallest absolute Gasteiger partial charge is 0.273 e. The van der Waals surface area contributed by atoms with Crippen LogP contribution >= 0.6 is 11.6 Å². The Morgan fingerprint density at radius 1 is 1.18 bits per heavy atom. The van der Waals surface area contributed by atoms with Crippen molar-refractivity contribution in [2.24, 2.45) is 0 Å². The molecule has 0 aliphatic heterocycles. The third-order valence-corrected chi connectivity index (χ3v) is 6.55. The predicted octanol–water partition coefficient (Wildman–Crippen LogP) is 6.42. The summed E-state index contributed by atoms with van der Waals surface area (Å²) in [6, 6.07) is 9.16. The summed E-state index contributed by atoms with van der Waals surface area (Å²) < 4.78 is 40.9. The molecule has 2 aromatic carbocycles. The number of carbonyl (C=O) groups is 1. The number of halogens is 3. The first-order valence-electron chi connectivity index (χ1n) is 12.2. The normalized spacial score (nSPS) is 12.1. The molecule has 0 unspecified atom stereocenters. The van der Waals surface area contributed by atoms with Crippen LogP contribution < -0.4 is 10.1 Å². The number of hydrogen-bond acceptors (Lipinski definition) is 6. The minimum Gasteiger partial charge on any atom is -0.487 e. The summed E-state index contributed by atoms with van der Waals surface area (Å²) in [6.07, 6.45) is 4.13. The van der Waals surface area contributed by atoms with Crippen LogP contribution in [0.1, 0.15) is 52.6 Å². The maximum absolute atomic E-state index is 14.5. The molecule has 0 fully saturated rings. The lowest BCUT2D eigenvalue weighted by molar-refractivity contribution is 0.0930. The molecule has 0 radical (unpaired) electrons. The van der Waals surface area contributed by atoms with Gasteiger partial charge in [-0.2, -0.15) is 5.10 Å². The molecule has 0 spiro atoms. The highest BCUT2D eigenvalue weighted by Crippen LogP contribution is 2.33. The first kappa shape index (κ1) is 26.3. The van der Waals surface area contributed by atoms with E-state index in [9.17, 15) is 13.6 Å². The van der Waals surface area contributed by atoms with Crippen molar-refractivity contribution in [3.63, 3.8) is 0 Å². The summed E-state index contributed by atoms with van der Waals surface area (Å²) >= 11 is 6.49. The Morgan fingerprint density at radius 2 is 2.00 bits per heavy atom. The maximum Gasteiger partial charge on any atom is 0.273 e. The van der Waals surface area contributed by atoms with Crippen LogP contribution in [0.2, 0.25) is 5.02 Å². The number of aromatic nitrogens is 4. The average molecular weight is 552 g/mol. The van der Waals surface area contributed by atoms with E-state index in [1.165, 1.54) is 29.3 Å². The van der Waals surface area contributed by atoms with E-state index < -0.39 is 23.6 Å². The van der Waals surface area contributed by atoms with Crippen molar-refractivity contribution in [2.45, 2.75) is 39.8 Å². The van der Waals surface area contributed by atoms with Gasteiger partial charge in [-0.3, -0.25) is 4.79 Å². The van der Waals surface area contributed by atoms with Crippen LogP contribution in [-0.2, 0) is 6.61 Å². The molecule has 200 valence electrons. The van der Waals surface area contributed by atoms with Gasteiger partial charge in [-0.05, 0) is 43.2 Å². The number of nitrogens with zero attached hydrogens (tertiary/aromatic N) is 4. The van der Waals surface area contributed by atoms with Gasteiger partial charge in [-0.1, -0.05) is 30.7 Å². The Balaban J connectivity index is 1.48. The van der Waals surface area contributed by atoms with Crippen LogP contribution in [-0.4, -0.2) is 25.7 Å². The maximum atomic E-state index is 14.5. The van der Waals surface area contributed by atoms with E-state index in [1.807, 2.05) is 19.9 Å². The Hall–Kier alpha value is -4.31. The number of nitrogens with one attached hydrogen (secondary N) is 1. The highest BCUT2D eigenvalue weighted by molar-refractivity contribution is 6.31. The van der Waals surface area contributed by atoms with E-state index in [-0.39, 0.29) is 17.3 Å². The molecular weight excluding hydrogens is 528 g/mol. The van der Waals surface area contributed by atoms with Crippen LogP contribution in [0.25, 0.3) is 16.6 Å². The van der Waals surface area contributed by atoms with Crippen molar-refractivity contribution >= 4 is 28.4 Å². The van der Waals surface area contributed by atoms with Gasteiger partial charge in [-0.25, -0.2) is 23.4 Å². The molecule has 0 saturated carbocycles. The summed E-state index contributed by atoms with van der Waals surface area (Å²) in [6.45, 7) is 5.29. The quantitative estimate of drug-likeness (QED) is 0.239. The van der Waals surface area contributed by atoms with Crippen molar-refractivity contribution in [1.29, 1.82) is 0 Å². The second-order valence-electron chi connectivity index (χ2n) is 8.97. The molecule has 5 rings (SSSR count). The number of carbonyl (C=O) groups excluding carboxylic acids is 1. The van der Waals surface area contributed by atoms with Crippen molar-refractivity contribution in [3.05, 3.63) is 100 Å². The number of para-hydroxylation sites is 1. The number of pyridine rings is 1. The van der Waals surface area contributed by atoms with E-state index in [0.29, 0.717) is 51.5 Å². The highest BCUT2D eigenvalue weighted by atomic mass is 35.5. The van der Waals surface area contributed by atoms with Gasteiger partial charge >= 0.3 is 0 Å².